The highest BCUT2D eigenvalue weighted by Gasteiger charge is 2.27. The van der Waals surface area contributed by atoms with Gasteiger partial charge in [-0.2, -0.15) is 5.26 Å². The van der Waals surface area contributed by atoms with E-state index in [4.69, 9.17) is 11.6 Å². The van der Waals surface area contributed by atoms with E-state index in [1.807, 2.05) is 0 Å². The Kier molecular flexibility index (Phi) is 6.53. The monoisotopic (exact) mass is 400 g/mol. The second-order valence-electron chi connectivity index (χ2n) is 6.02. The molecule has 5 nitrogen and oxygen atoms in total. The number of rotatable bonds is 6. The van der Waals surface area contributed by atoms with Crippen molar-refractivity contribution >= 4 is 40.7 Å². The average Bonchev–Trinajstić information content (AvgIpc) is 2.58. The minimum atomic E-state index is -0.953. The highest BCUT2D eigenvalue weighted by molar-refractivity contribution is 8.01. The summed E-state index contributed by atoms with van der Waals surface area (Å²) in [7, 11) is 0. The Hall–Kier alpha value is -2.49. The quantitative estimate of drug-likeness (QED) is 0.405. The lowest BCUT2D eigenvalue weighted by Gasteiger charge is -2.17. The molecule has 0 saturated heterocycles. The first-order chi connectivity index (χ1) is 12.7. The molecule has 0 fully saturated rings. The van der Waals surface area contributed by atoms with Gasteiger partial charge in [0.2, 0.25) is 0 Å². The maximum atomic E-state index is 12.3. The number of hydrogen-bond donors (Lipinski definition) is 0. The van der Waals surface area contributed by atoms with Crippen molar-refractivity contribution in [1.29, 1.82) is 5.26 Å². The van der Waals surface area contributed by atoms with Gasteiger partial charge >= 0.3 is 0 Å². The molecule has 1 aromatic carbocycles. The Labute approximate surface area is 166 Å². The second-order valence-corrected chi connectivity index (χ2v) is 7.55. The van der Waals surface area contributed by atoms with Crippen LogP contribution in [0.15, 0.2) is 29.3 Å². The number of nitriles is 1. The van der Waals surface area contributed by atoms with Gasteiger partial charge in [-0.05, 0) is 45.4 Å². The van der Waals surface area contributed by atoms with Gasteiger partial charge in [0, 0.05) is 16.1 Å². The van der Waals surface area contributed by atoms with E-state index in [0.717, 1.165) is 11.8 Å². The van der Waals surface area contributed by atoms with Crippen molar-refractivity contribution in [2.45, 2.75) is 38.0 Å². The largest absolute Gasteiger partial charge is 0.298 e. The topological polar surface area (TPSA) is 87.9 Å². The molecule has 0 saturated carbocycles. The molecule has 0 aliphatic carbocycles. The first kappa shape index (κ1) is 20.8. The summed E-state index contributed by atoms with van der Waals surface area (Å²) in [6, 6.07) is 8.85. The van der Waals surface area contributed by atoms with Crippen LogP contribution in [0.2, 0.25) is 5.02 Å². The molecule has 27 heavy (non-hydrogen) atoms. The molecule has 0 unspecified atom stereocenters. The van der Waals surface area contributed by atoms with Gasteiger partial charge in [-0.25, -0.2) is 4.98 Å². The molecule has 0 amide bonds. The number of ketones is 3. The minimum absolute atomic E-state index is 0.158. The smallest absolute Gasteiger partial charge is 0.162 e. The minimum Gasteiger partial charge on any atom is -0.298 e. The van der Waals surface area contributed by atoms with E-state index in [9.17, 15) is 19.6 Å². The standard InChI is InChI=1S/C20H17ClN2O3S/c1-10-17(11(2)24)18(14-5-7-15(21)8-6-14)16(9-22)20(23-10)27-19(12(3)25)13(4)26/h5-8,19H,1-4H3. The Morgan fingerprint density at radius 1 is 1.11 bits per heavy atom. The molecule has 0 N–H and O–H groups in total. The van der Waals surface area contributed by atoms with Crippen LogP contribution in [-0.4, -0.2) is 27.6 Å². The Bertz CT molecular complexity index is 964. The van der Waals surface area contributed by atoms with Crippen molar-refractivity contribution in [2.24, 2.45) is 0 Å². The lowest BCUT2D eigenvalue weighted by molar-refractivity contribution is -0.123. The van der Waals surface area contributed by atoms with Gasteiger partial charge in [-0.1, -0.05) is 35.5 Å². The van der Waals surface area contributed by atoms with Crippen molar-refractivity contribution in [2.75, 3.05) is 0 Å². The Balaban J connectivity index is 2.80. The molecule has 138 valence electrons. The van der Waals surface area contributed by atoms with Crippen molar-refractivity contribution in [1.82, 2.24) is 4.98 Å². The van der Waals surface area contributed by atoms with E-state index >= 15 is 0 Å². The van der Waals surface area contributed by atoms with Gasteiger partial charge in [0.05, 0.1) is 11.3 Å². The van der Waals surface area contributed by atoms with E-state index < -0.39 is 5.25 Å². The van der Waals surface area contributed by atoms with Gasteiger partial charge in [0.1, 0.15) is 16.3 Å². The van der Waals surface area contributed by atoms with E-state index in [1.165, 1.54) is 20.8 Å². The summed E-state index contributed by atoms with van der Waals surface area (Å²) in [5.74, 6) is -0.869. The Morgan fingerprint density at radius 3 is 2.11 bits per heavy atom. The van der Waals surface area contributed by atoms with Gasteiger partial charge in [-0.15, -0.1) is 0 Å². The summed E-state index contributed by atoms with van der Waals surface area (Å²) in [4.78, 5) is 40.3. The molecule has 0 aliphatic heterocycles. The summed E-state index contributed by atoms with van der Waals surface area (Å²) in [6.45, 7) is 5.72. The highest BCUT2D eigenvalue weighted by atomic mass is 35.5. The van der Waals surface area contributed by atoms with E-state index in [-0.39, 0.29) is 27.9 Å². The molecule has 0 radical (unpaired) electrons. The number of thioether (sulfide) groups is 1. The normalized spacial score (nSPS) is 10.6. The fraction of sp³-hybridized carbons (Fsp3) is 0.250. The molecule has 0 spiro atoms. The molecule has 0 atom stereocenters. The number of aryl methyl sites for hydroxylation is 1. The van der Waals surface area contributed by atoms with Crippen molar-refractivity contribution in [3.8, 4) is 17.2 Å². The number of carbonyl (C=O) groups is 3. The van der Waals surface area contributed by atoms with Gasteiger partial charge in [0.25, 0.3) is 0 Å². The number of pyridine rings is 1. The third-order valence-electron chi connectivity index (χ3n) is 3.91. The van der Waals surface area contributed by atoms with E-state index in [1.54, 1.807) is 31.2 Å². The van der Waals surface area contributed by atoms with Crippen LogP contribution in [0, 0.1) is 18.3 Å². The molecule has 2 aromatic rings. The molecular formula is C20H17ClN2O3S. The van der Waals surface area contributed by atoms with Crippen LogP contribution in [0.25, 0.3) is 11.1 Å². The predicted molar refractivity (Wildman–Crippen MR) is 105 cm³/mol. The lowest BCUT2D eigenvalue weighted by atomic mass is 9.93. The summed E-state index contributed by atoms with van der Waals surface area (Å²) < 4.78 is 0. The SMILES string of the molecule is CC(=O)c1c(C)nc(SC(C(C)=O)C(C)=O)c(C#N)c1-c1ccc(Cl)cc1. The molecule has 2 rings (SSSR count). The predicted octanol–water partition coefficient (Wildman–Crippen LogP) is 4.42. The van der Waals surface area contributed by atoms with Crippen LogP contribution >= 0.6 is 23.4 Å². The third kappa shape index (κ3) is 4.44. The zero-order valence-corrected chi connectivity index (χ0v) is 16.9. The average molecular weight is 401 g/mol. The summed E-state index contributed by atoms with van der Waals surface area (Å²) >= 11 is 6.89. The van der Waals surface area contributed by atoms with Crippen LogP contribution < -0.4 is 0 Å². The Morgan fingerprint density at radius 2 is 1.67 bits per heavy atom. The van der Waals surface area contributed by atoms with Crippen molar-refractivity contribution in [3.63, 3.8) is 0 Å². The lowest BCUT2D eigenvalue weighted by Crippen LogP contribution is -2.23. The van der Waals surface area contributed by atoms with Crippen molar-refractivity contribution < 1.29 is 14.4 Å². The summed E-state index contributed by atoms with van der Waals surface area (Å²) in [6.07, 6.45) is 0. The molecule has 1 heterocycles. The van der Waals surface area contributed by atoms with Gasteiger partial charge < -0.3 is 0 Å². The van der Waals surface area contributed by atoms with Gasteiger partial charge in [0.15, 0.2) is 17.3 Å². The third-order valence-corrected chi connectivity index (χ3v) is 5.58. The van der Waals surface area contributed by atoms with Crippen LogP contribution in [0.3, 0.4) is 0 Å². The molecule has 7 heteroatoms. The number of aromatic nitrogens is 1. The maximum absolute atomic E-state index is 12.3. The molecule has 0 bridgehead atoms. The fourth-order valence-electron chi connectivity index (χ4n) is 2.77. The molecule has 1 aromatic heterocycles. The zero-order chi connectivity index (χ0) is 20.3. The number of benzene rings is 1. The van der Waals surface area contributed by atoms with Crippen LogP contribution in [0.1, 0.15) is 42.4 Å². The number of carbonyl (C=O) groups excluding carboxylic acids is 3. The zero-order valence-electron chi connectivity index (χ0n) is 15.3. The van der Waals surface area contributed by atoms with Crippen molar-refractivity contribution in [3.05, 3.63) is 46.1 Å². The number of nitrogens with zero attached hydrogens (tertiary/aromatic N) is 2. The first-order valence-corrected chi connectivity index (χ1v) is 9.32. The number of halogens is 1. The van der Waals surface area contributed by atoms with E-state index in [0.29, 0.717) is 27.4 Å². The van der Waals surface area contributed by atoms with Crippen LogP contribution in [0.5, 0.6) is 0 Å². The number of hydrogen-bond acceptors (Lipinski definition) is 6. The maximum Gasteiger partial charge on any atom is 0.162 e. The van der Waals surface area contributed by atoms with Crippen LogP contribution in [0.4, 0.5) is 0 Å². The second kappa shape index (κ2) is 8.47. The number of Topliss-reactive ketones (excluding diaryl/α,β-unsaturated/α-hetero) is 3. The highest BCUT2D eigenvalue weighted by Crippen LogP contribution is 2.37. The fourth-order valence-corrected chi connectivity index (χ4v) is 3.90. The molecule has 0 aliphatic rings. The molecular weight excluding hydrogens is 384 g/mol. The van der Waals surface area contributed by atoms with Crippen LogP contribution in [-0.2, 0) is 9.59 Å². The first-order valence-electron chi connectivity index (χ1n) is 8.06. The summed E-state index contributed by atoms with van der Waals surface area (Å²) in [5.41, 5.74) is 1.99. The van der Waals surface area contributed by atoms with E-state index in [2.05, 4.69) is 11.1 Å². The summed E-state index contributed by atoms with van der Waals surface area (Å²) in [5, 5.41) is 9.61. The van der Waals surface area contributed by atoms with Gasteiger partial charge in [-0.3, -0.25) is 14.4 Å².